The number of nitrogens with zero attached hydrogens (tertiary/aromatic N) is 2. The molecular weight excluding hydrogens is 520 g/mol. The minimum absolute atomic E-state index is 0.0165. The lowest BCUT2D eigenvalue weighted by Crippen LogP contribution is -2.43. The second-order valence-corrected chi connectivity index (χ2v) is 11.0. The number of aliphatic hydroxyl groups excluding tert-OH is 2. The number of thioether (sulfide) groups is 1. The Morgan fingerprint density at radius 2 is 1.84 bits per heavy atom. The van der Waals surface area contributed by atoms with Crippen molar-refractivity contribution in [1.29, 1.82) is 0 Å². The first-order valence-electron chi connectivity index (χ1n) is 12.6. The van der Waals surface area contributed by atoms with Crippen LogP contribution in [0.3, 0.4) is 0 Å². The predicted molar refractivity (Wildman–Crippen MR) is 140 cm³/mol. The highest BCUT2D eigenvalue weighted by Gasteiger charge is 2.34. The van der Waals surface area contributed by atoms with E-state index in [-0.39, 0.29) is 12.0 Å². The van der Waals surface area contributed by atoms with Gasteiger partial charge in [-0.25, -0.2) is 17.6 Å². The second kappa shape index (κ2) is 12.6. The molecule has 0 radical (unpaired) electrons. The average Bonchev–Trinajstić information content (AvgIpc) is 2.94. The van der Waals surface area contributed by atoms with E-state index in [0.29, 0.717) is 57.8 Å². The third kappa shape index (κ3) is 6.42. The maximum atomic E-state index is 13.8. The van der Waals surface area contributed by atoms with E-state index in [1.807, 2.05) is 0 Å². The monoisotopic (exact) mass is 552 g/mol. The SMILES string of the molecule is COc1ccc2ncc(CF)c(C(O)CCC3(CO)CCN(CCSc4cc(F)c(F)c(F)c4)CC3)c2c1. The number of methoxy groups -OCH3 is 1. The summed E-state index contributed by atoms with van der Waals surface area (Å²) in [6.45, 7) is 1.38. The summed E-state index contributed by atoms with van der Waals surface area (Å²) in [4.78, 5) is 6.87. The minimum Gasteiger partial charge on any atom is -0.497 e. The average molecular weight is 553 g/mol. The number of rotatable bonds is 11. The third-order valence-electron chi connectivity index (χ3n) is 7.51. The van der Waals surface area contributed by atoms with E-state index in [1.54, 1.807) is 25.3 Å². The van der Waals surface area contributed by atoms with E-state index in [4.69, 9.17) is 4.74 Å². The molecule has 1 atom stereocenters. The van der Waals surface area contributed by atoms with Gasteiger partial charge in [0.05, 0.1) is 18.7 Å². The molecule has 1 aliphatic heterocycles. The summed E-state index contributed by atoms with van der Waals surface area (Å²) in [5, 5.41) is 22.1. The van der Waals surface area contributed by atoms with Crippen molar-refractivity contribution in [1.82, 2.24) is 9.88 Å². The smallest absolute Gasteiger partial charge is 0.194 e. The Kier molecular flexibility index (Phi) is 9.51. The molecule has 1 aliphatic rings. The number of hydrogen-bond donors (Lipinski definition) is 2. The molecule has 10 heteroatoms. The highest BCUT2D eigenvalue weighted by atomic mass is 32.2. The zero-order valence-corrected chi connectivity index (χ0v) is 22.0. The summed E-state index contributed by atoms with van der Waals surface area (Å²) in [6, 6.07) is 7.30. The maximum absolute atomic E-state index is 13.8. The Morgan fingerprint density at radius 3 is 2.47 bits per heavy atom. The van der Waals surface area contributed by atoms with Gasteiger partial charge in [-0.1, -0.05) is 0 Å². The lowest BCUT2D eigenvalue weighted by Gasteiger charge is -2.41. The van der Waals surface area contributed by atoms with Crippen LogP contribution in [0.1, 0.15) is 42.9 Å². The van der Waals surface area contributed by atoms with Crippen LogP contribution in [0.2, 0.25) is 0 Å². The van der Waals surface area contributed by atoms with Gasteiger partial charge in [-0.3, -0.25) is 4.98 Å². The van der Waals surface area contributed by atoms with Gasteiger partial charge in [0, 0.05) is 40.9 Å². The minimum atomic E-state index is -1.46. The number of alkyl halides is 1. The lowest BCUT2D eigenvalue weighted by molar-refractivity contribution is 0.0253. The molecule has 0 spiro atoms. The molecule has 0 amide bonds. The predicted octanol–water partition coefficient (Wildman–Crippen LogP) is 5.81. The Labute approximate surface area is 223 Å². The summed E-state index contributed by atoms with van der Waals surface area (Å²) in [5.41, 5.74) is 1.13. The van der Waals surface area contributed by atoms with Crippen LogP contribution in [-0.2, 0) is 6.67 Å². The van der Waals surface area contributed by atoms with Gasteiger partial charge in [0.25, 0.3) is 0 Å². The van der Waals surface area contributed by atoms with Crippen molar-refractivity contribution in [2.24, 2.45) is 5.41 Å². The fraction of sp³-hybridized carbons (Fsp3) is 0.464. The number of aromatic nitrogens is 1. The molecule has 4 rings (SSSR count). The first kappa shape index (κ1) is 28.6. The van der Waals surface area contributed by atoms with Crippen LogP contribution in [0, 0.1) is 22.9 Å². The van der Waals surface area contributed by atoms with Crippen molar-refractivity contribution in [3.63, 3.8) is 0 Å². The van der Waals surface area contributed by atoms with Gasteiger partial charge >= 0.3 is 0 Å². The third-order valence-corrected chi connectivity index (χ3v) is 8.47. The Morgan fingerprint density at radius 1 is 1.13 bits per heavy atom. The van der Waals surface area contributed by atoms with E-state index in [1.165, 1.54) is 18.0 Å². The molecule has 206 valence electrons. The van der Waals surface area contributed by atoms with Crippen molar-refractivity contribution < 1.29 is 32.5 Å². The largest absolute Gasteiger partial charge is 0.497 e. The Bertz CT molecular complexity index is 1230. The van der Waals surface area contributed by atoms with Crippen LogP contribution in [0.5, 0.6) is 5.75 Å². The molecule has 0 aliphatic carbocycles. The molecule has 2 heterocycles. The van der Waals surface area contributed by atoms with Crippen LogP contribution in [-0.4, -0.2) is 59.2 Å². The zero-order valence-electron chi connectivity index (χ0n) is 21.2. The fourth-order valence-electron chi connectivity index (χ4n) is 5.09. The van der Waals surface area contributed by atoms with Crippen molar-refractivity contribution in [2.75, 3.05) is 39.1 Å². The summed E-state index contributed by atoms with van der Waals surface area (Å²) >= 11 is 1.26. The highest BCUT2D eigenvalue weighted by molar-refractivity contribution is 7.99. The molecule has 1 aromatic heterocycles. The van der Waals surface area contributed by atoms with Crippen molar-refractivity contribution >= 4 is 22.7 Å². The number of halogens is 4. The van der Waals surface area contributed by atoms with Crippen molar-refractivity contribution in [3.05, 3.63) is 65.1 Å². The van der Waals surface area contributed by atoms with Crippen LogP contribution in [0.25, 0.3) is 10.9 Å². The van der Waals surface area contributed by atoms with Gasteiger partial charge in [0.15, 0.2) is 17.5 Å². The highest BCUT2D eigenvalue weighted by Crippen LogP contribution is 2.40. The summed E-state index contributed by atoms with van der Waals surface area (Å²) in [7, 11) is 1.54. The standard InChI is InChI=1S/C28H32F4N2O3S/c1-37-19-2-3-24-21(12-19)26(18(15-29)16-33-24)25(36)4-5-28(17-35)6-8-34(9-7-28)10-11-38-20-13-22(30)27(32)23(31)14-20/h2-3,12-14,16,25,35-36H,4-11,15,17H2,1H3. The number of benzene rings is 2. The number of aliphatic hydroxyl groups is 2. The molecule has 3 aromatic rings. The molecule has 1 saturated heterocycles. The number of hydrogen-bond acceptors (Lipinski definition) is 6. The Hall–Kier alpha value is -2.40. The maximum Gasteiger partial charge on any atom is 0.194 e. The van der Waals surface area contributed by atoms with E-state index in [2.05, 4.69) is 9.88 Å². The number of pyridine rings is 1. The van der Waals surface area contributed by atoms with Crippen LogP contribution in [0.4, 0.5) is 17.6 Å². The number of ether oxygens (including phenoxy) is 1. The molecule has 2 N–H and O–H groups in total. The molecule has 0 bridgehead atoms. The number of piperidine rings is 1. The van der Waals surface area contributed by atoms with E-state index in [0.717, 1.165) is 38.1 Å². The van der Waals surface area contributed by atoms with E-state index in [9.17, 15) is 27.8 Å². The van der Waals surface area contributed by atoms with Crippen LogP contribution in [0.15, 0.2) is 41.4 Å². The van der Waals surface area contributed by atoms with Gasteiger partial charge in [0.2, 0.25) is 0 Å². The lowest BCUT2D eigenvalue weighted by atomic mass is 9.74. The van der Waals surface area contributed by atoms with Gasteiger partial charge in [-0.05, 0) is 80.1 Å². The van der Waals surface area contributed by atoms with Crippen molar-refractivity contribution in [3.8, 4) is 5.75 Å². The number of fused-ring (bicyclic) bond motifs is 1. The number of likely N-dealkylation sites (tertiary alicyclic amines) is 1. The van der Waals surface area contributed by atoms with E-state index < -0.39 is 30.2 Å². The molecule has 2 aromatic carbocycles. The summed E-state index contributed by atoms with van der Waals surface area (Å²) < 4.78 is 59.1. The van der Waals surface area contributed by atoms with Gasteiger partial charge < -0.3 is 19.8 Å². The topological polar surface area (TPSA) is 65.8 Å². The van der Waals surface area contributed by atoms with Crippen LogP contribution < -0.4 is 4.74 Å². The second-order valence-electron chi connectivity index (χ2n) is 9.82. The van der Waals surface area contributed by atoms with Gasteiger partial charge in [0.1, 0.15) is 12.4 Å². The molecule has 1 fully saturated rings. The molecule has 1 unspecified atom stereocenters. The Balaban J connectivity index is 1.34. The van der Waals surface area contributed by atoms with E-state index >= 15 is 0 Å². The van der Waals surface area contributed by atoms with Crippen molar-refractivity contribution in [2.45, 2.75) is 43.4 Å². The molecule has 0 saturated carbocycles. The van der Waals surface area contributed by atoms with Gasteiger partial charge in [-0.15, -0.1) is 11.8 Å². The molecular formula is C28H32F4N2O3S. The molecule has 38 heavy (non-hydrogen) atoms. The summed E-state index contributed by atoms with van der Waals surface area (Å²) in [6.07, 6.45) is 2.92. The first-order valence-corrected chi connectivity index (χ1v) is 13.6. The van der Waals surface area contributed by atoms with Crippen LogP contribution >= 0.6 is 11.8 Å². The molecule has 5 nitrogen and oxygen atoms in total. The zero-order chi connectivity index (χ0) is 27.3. The first-order chi connectivity index (χ1) is 18.3. The quantitative estimate of drug-likeness (QED) is 0.178. The normalized spacial score (nSPS) is 16.6. The van der Waals surface area contributed by atoms with Gasteiger partial charge in [-0.2, -0.15) is 0 Å². The fourth-order valence-corrected chi connectivity index (χ4v) is 6.05. The summed E-state index contributed by atoms with van der Waals surface area (Å²) in [5.74, 6) is -2.68.